The third kappa shape index (κ3) is 4.63. The van der Waals surface area contributed by atoms with E-state index >= 15 is 0 Å². The molecule has 1 rings (SSSR count). The molecule has 0 amide bonds. The van der Waals surface area contributed by atoms with Crippen LogP contribution >= 0.6 is 0 Å². The predicted octanol–water partition coefficient (Wildman–Crippen LogP) is 1.14. The molecule has 1 saturated carbocycles. The van der Waals surface area contributed by atoms with Gasteiger partial charge in [-0.2, -0.15) is 0 Å². The molecule has 0 aromatic carbocycles. The Morgan fingerprint density at radius 2 is 1.94 bits per heavy atom. The van der Waals surface area contributed by atoms with Crippen molar-refractivity contribution in [2.75, 3.05) is 12.3 Å². The highest BCUT2D eigenvalue weighted by Gasteiger charge is 2.28. The second-order valence-corrected chi connectivity index (χ2v) is 6.57. The maximum atomic E-state index is 11.6. The van der Waals surface area contributed by atoms with Gasteiger partial charge in [-0.25, -0.2) is 13.1 Å². The van der Waals surface area contributed by atoms with Gasteiger partial charge in [-0.1, -0.05) is 25.3 Å². The zero-order chi connectivity index (χ0) is 12.1. The maximum absolute atomic E-state index is 11.6. The van der Waals surface area contributed by atoms with Crippen molar-refractivity contribution in [3.8, 4) is 0 Å². The van der Waals surface area contributed by atoms with Gasteiger partial charge in [-0.3, -0.25) is 0 Å². The molecule has 1 fully saturated rings. The van der Waals surface area contributed by atoms with Gasteiger partial charge in [0.1, 0.15) is 0 Å². The highest BCUT2D eigenvalue weighted by molar-refractivity contribution is 7.89. The van der Waals surface area contributed by atoms with Crippen molar-refractivity contribution in [2.45, 2.75) is 44.1 Å². The molecule has 0 atom stereocenters. The lowest BCUT2D eigenvalue weighted by Gasteiger charge is -2.33. The Kier molecular flexibility index (Phi) is 4.95. The molecule has 1 aliphatic rings. The van der Waals surface area contributed by atoms with Crippen LogP contribution in [0.15, 0.2) is 12.7 Å². The van der Waals surface area contributed by atoms with Gasteiger partial charge in [0.2, 0.25) is 10.0 Å². The average Bonchev–Trinajstić information content (AvgIpc) is 2.25. The number of rotatable bonds is 6. The lowest BCUT2D eigenvalue weighted by atomic mass is 9.83. The lowest BCUT2D eigenvalue weighted by molar-refractivity contribution is 0.296. The summed E-state index contributed by atoms with van der Waals surface area (Å²) in [5.41, 5.74) is 5.81. The summed E-state index contributed by atoms with van der Waals surface area (Å²) in [6.45, 7) is 3.88. The zero-order valence-electron chi connectivity index (χ0n) is 9.74. The van der Waals surface area contributed by atoms with Crippen LogP contribution in [0.5, 0.6) is 0 Å². The van der Waals surface area contributed by atoms with Crippen molar-refractivity contribution in [3.05, 3.63) is 12.7 Å². The molecule has 16 heavy (non-hydrogen) atoms. The molecule has 0 aromatic heterocycles. The lowest BCUT2D eigenvalue weighted by Crippen LogP contribution is -2.51. The fourth-order valence-electron chi connectivity index (χ4n) is 2.00. The first-order chi connectivity index (χ1) is 7.47. The number of hydrogen-bond donors (Lipinski definition) is 2. The van der Waals surface area contributed by atoms with Crippen LogP contribution in [-0.2, 0) is 10.0 Å². The third-order valence-electron chi connectivity index (χ3n) is 3.08. The first-order valence-corrected chi connectivity index (χ1v) is 7.50. The van der Waals surface area contributed by atoms with Crippen molar-refractivity contribution in [3.63, 3.8) is 0 Å². The second kappa shape index (κ2) is 5.80. The van der Waals surface area contributed by atoms with Gasteiger partial charge in [0, 0.05) is 12.1 Å². The average molecular weight is 246 g/mol. The van der Waals surface area contributed by atoms with E-state index in [0.717, 1.165) is 25.7 Å². The molecule has 0 saturated heterocycles. The summed E-state index contributed by atoms with van der Waals surface area (Å²) in [5, 5.41) is 0. The molecule has 0 bridgehead atoms. The molecular weight excluding hydrogens is 224 g/mol. The van der Waals surface area contributed by atoms with Gasteiger partial charge in [0.05, 0.1) is 5.75 Å². The topological polar surface area (TPSA) is 72.2 Å². The minimum absolute atomic E-state index is 0.104. The van der Waals surface area contributed by atoms with E-state index in [4.69, 9.17) is 5.73 Å². The number of hydrogen-bond acceptors (Lipinski definition) is 3. The van der Waals surface area contributed by atoms with Crippen molar-refractivity contribution >= 4 is 10.0 Å². The Labute approximate surface area is 98.3 Å². The Balaban J connectivity index is 2.40. The van der Waals surface area contributed by atoms with Crippen molar-refractivity contribution in [1.82, 2.24) is 4.72 Å². The Bertz CT molecular complexity index is 319. The molecule has 0 heterocycles. The summed E-state index contributed by atoms with van der Waals surface area (Å²) in [4.78, 5) is 0. The Morgan fingerprint density at radius 1 is 1.31 bits per heavy atom. The monoisotopic (exact) mass is 246 g/mol. The van der Waals surface area contributed by atoms with Crippen LogP contribution < -0.4 is 10.5 Å². The quantitative estimate of drug-likeness (QED) is 0.690. The normalized spacial score (nSPS) is 20.6. The molecule has 0 unspecified atom stereocenters. The van der Waals surface area contributed by atoms with E-state index in [1.165, 1.54) is 6.42 Å². The van der Waals surface area contributed by atoms with E-state index in [0.29, 0.717) is 13.0 Å². The van der Waals surface area contributed by atoms with Crippen LogP contribution in [0.4, 0.5) is 0 Å². The number of nitrogens with two attached hydrogens (primary N) is 1. The fourth-order valence-corrected chi connectivity index (χ4v) is 3.13. The summed E-state index contributed by atoms with van der Waals surface area (Å²) >= 11 is 0. The first-order valence-electron chi connectivity index (χ1n) is 5.85. The van der Waals surface area contributed by atoms with E-state index in [9.17, 15) is 8.42 Å². The van der Waals surface area contributed by atoms with Crippen LogP contribution in [0.25, 0.3) is 0 Å². The van der Waals surface area contributed by atoms with Crippen LogP contribution in [0.1, 0.15) is 38.5 Å². The smallest absolute Gasteiger partial charge is 0.211 e. The maximum Gasteiger partial charge on any atom is 0.211 e. The SMILES string of the molecule is C=CCCS(=O)(=O)NCC1(N)CCCCC1. The van der Waals surface area contributed by atoms with Crippen LogP contribution in [0.3, 0.4) is 0 Å². The molecule has 3 N–H and O–H groups in total. The summed E-state index contributed by atoms with van der Waals surface area (Å²) in [6, 6.07) is 0. The van der Waals surface area contributed by atoms with Gasteiger partial charge >= 0.3 is 0 Å². The summed E-state index contributed by atoms with van der Waals surface area (Å²) in [7, 11) is -3.18. The predicted molar refractivity (Wildman–Crippen MR) is 66.6 cm³/mol. The van der Waals surface area contributed by atoms with E-state index in [-0.39, 0.29) is 11.3 Å². The van der Waals surface area contributed by atoms with Gasteiger partial charge in [-0.05, 0) is 19.3 Å². The van der Waals surface area contributed by atoms with Gasteiger partial charge in [-0.15, -0.1) is 6.58 Å². The highest BCUT2D eigenvalue weighted by atomic mass is 32.2. The van der Waals surface area contributed by atoms with Crippen LogP contribution in [0.2, 0.25) is 0 Å². The largest absolute Gasteiger partial charge is 0.324 e. The molecule has 0 spiro atoms. The molecule has 0 aliphatic heterocycles. The zero-order valence-corrected chi connectivity index (χ0v) is 10.6. The Hall–Kier alpha value is -0.390. The van der Waals surface area contributed by atoms with Crippen molar-refractivity contribution < 1.29 is 8.42 Å². The summed E-state index contributed by atoms with van der Waals surface area (Å²) in [6.07, 6.45) is 7.33. The van der Waals surface area contributed by atoms with E-state index < -0.39 is 10.0 Å². The summed E-state index contributed by atoms with van der Waals surface area (Å²) in [5.74, 6) is 0.104. The van der Waals surface area contributed by atoms with E-state index in [1.54, 1.807) is 6.08 Å². The van der Waals surface area contributed by atoms with Gasteiger partial charge in [0.15, 0.2) is 0 Å². The molecule has 4 nitrogen and oxygen atoms in total. The molecule has 1 aliphatic carbocycles. The number of sulfonamides is 1. The van der Waals surface area contributed by atoms with Crippen LogP contribution in [-0.4, -0.2) is 26.3 Å². The minimum atomic E-state index is -3.18. The molecule has 0 aromatic rings. The first kappa shape index (κ1) is 13.7. The Morgan fingerprint density at radius 3 is 2.50 bits per heavy atom. The van der Waals surface area contributed by atoms with E-state index in [2.05, 4.69) is 11.3 Å². The van der Waals surface area contributed by atoms with Crippen molar-refractivity contribution in [2.24, 2.45) is 5.73 Å². The third-order valence-corrected chi connectivity index (χ3v) is 4.44. The second-order valence-electron chi connectivity index (χ2n) is 4.64. The van der Waals surface area contributed by atoms with Gasteiger partial charge in [0.25, 0.3) is 0 Å². The molecule has 5 heteroatoms. The fraction of sp³-hybridized carbons (Fsp3) is 0.818. The van der Waals surface area contributed by atoms with Crippen LogP contribution in [0, 0.1) is 0 Å². The number of nitrogens with one attached hydrogen (secondary N) is 1. The standard InChI is InChI=1S/C11H22N2O2S/c1-2-3-9-16(14,15)13-10-11(12)7-5-4-6-8-11/h2,13H,1,3-10,12H2. The number of allylic oxidation sites excluding steroid dienone is 1. The molecular formula is C11H22N2O2S. The van der Waals surface area contributed by atoms with Gasteiger partial charge < -0.3 is 5.73 Å². The molecule has 0 radical (unpaired) electrons. The highest BCUT2D eigenvalue weighted by Crippen LogP contribution is 2.25. The van der Waals surface area contributed by atoms with E-state index in [1.807, 2.05) is 0 Å². The minimum Gasteiger partial charge on any atom is -0.324 e. The molecule has 94 valence electrons. The van der Waals surface area contributed by atoms with Crippen molar-refractivity contribution in [1.29, 1.82) is 0 Å². The summed E-state index contributed by atoms with van der Waals surface area (Å²) < 4.78 is 25.7.